The van der Waals surface area contributed by atoms with E-state index < -0.39 is 0 Å². The second-order valence-corrected chi connectivity index (χ2v) is 4.14. The average molecular weight is 243 g/mol. The Labute approximate surface area is 106 Å². The van der Waals surface area contributed by atoms with Crippen LogP contribution in [0.15, 0.2) is 36.5 Å². The summed E-state index contributed by atoms with van der Waals surface area (Å²) in [6.45, 7) is 2.73. The summed E-state index contributed by atoms with van der Waals surface area (Å²) in [7, 11) is 0. The molecule has 5 nitrogen and oxygen atoms in total. The Morgan fingerprint density at radius 3 is 2.67 bits per heavy atom. The first-order valence-electron chi connectivity index (χ1n) is 6.01. The Morgan fingerprint density at radius 2 is 2.06 bits per heavy atom. The van der Waals surface area contributed by atoms with Crippen molar-refractivity contribution in [1.29, 1.82) is 0 Å². The maximum absolute atomic E-state index is 5.50. The van der Waals surface area contributed by atoms with Gasteiger partial charge in [0.25, 0.3) is 0 Å². The Hall–Kier alpha value is -2.01. The number of rotatable bonds is 5. The third-order valence-corrected chi connectivity index (χ3v) is 2.59. The number of nitrogens with one attached hydrogen (secondary N) is 1. The highest BCUT2D eigenvalue weighted by atomic mass is 15.2. The summed E-state index contributed by atoms with van der Waals surface area (Å²) in [5, 5.41) is 11.5. The summed E-state index contributed by atoms with van der Waals surface area (Å²) >= 11 is 0. The van der Waals surface area contributed by atoms with Gasteiger partial charge >= 0.3 is 0 Å². The van der Waals surface area contributed by atoms with Gasteiger partial charge in [-0.1, -0.05) is 6.07 Å². The molecule has 0 aliphatic heterocycles. The van der Waals surface area contributed by atoms with E-state index in [0.29, 0.717) is 12.6 Å². The third kappa shape index (κ3) is 3.24. The topological polar surface area (TPSA) is 76.7 Å². The van der Waals surface area contributed by atoms with Crippen molar-refractivity contribution in [3.8, 4) is 11.4 Å². The number of pyridine rings is 1. The van der Waals surface area contributed by atoms with E-state index >= 15 is 0 Å². The van der Waals surface area contributed by atoms with E-state index in [2.05, 4.69) is 27.4 Å². The van der Waals surface area contributed by atoms with E-state index in [1.807, 2.05) is 30.3 Å². The molecule has 0 bridgehead atoms. The van der Waals surface area contributed by atoms with Crippen LogP contribution in [0.3, 0.4) is 0 Å². The molecule has 2 aromatic rings. The van der Waals surface area contributed by atoms with E-state index in [1.54, 1.807) is 6.20 Å². The predicted molar refractivity (Wildman–Crippen MR) is 72.0 cm³/mol. The van der Waals surface area contributed by atoms with Gasteiger partial charge in [0.2, 0.25) is 0 Å². The van der Waals surface area contributed by atoms with E-state index in [-0.39, 0.29) is 0 Å². The molecule has 0 aliphatic rings. The molecule has 2 rings (SSSR count). The molecular weight excluding hydrogens is 226 g/mol. The van der Waals surface area contributed by atoms with Crippen LogP contribution in [0.4, 0.5) is 5.82 Å². The van der Waals surface area contributed by atoms with Crippen molar-refractivity contribution in [3.05, 3.63) is 36.5 Å². The molecule has 0 saturated heterocycles. The summed E-state index contributed by atoms with van der Waals surface area (Å²) < 4.78 is 0. The van der Waals surface area contributed by atoms with Gasteiger partial charge < -0.3 is 11.1 Å². The Balaban J connectivity index is 2.06. The highest BCUT2D eigenvalue weighted by molar-refractivity contribution is 5.54. The fourth-order valence-corrected chi connectivity index (χ4v) is 1.63. The lowest BCUT2D eigenvalue weighted by Gasteiger charge is -2.12. The molecule has 3 N–H and O–H groups in total. The van der Waals surface area contributed by atoms with Crippen LogP contribution in [-0.4, -0.2) is 27.8 Å². The first-order chi connectivity index (χ1) is 8.79. The van der Waals surface area contributed by atoms with Crippen molar-refractivity contribution >= 4 is 5.82 Å². The maximum Gasteiger partial charge on any atom is 0.148 e. The number of anilines is 1. The van der Waals surface area contributed by atoms with Gasteiger partial charge in [0.15, 0.2) is 0 Å². The fraction of sp³-hybridized carbons (Fsp3) is 0.308. The Morgan fingerprint density at radius 1 is 1.17 bits per heavy atom. The van der Waals surface area contributed by atoms with Crippen molar-refractivity contribution < 1.29 is 0 Å². The predicted octanol–water partition coefficient (Wildman–Crippen LogP) is 1.69. The molecule has 1 atom stereocenters. The molecule has 0 saturated carbocycles. The number of nitrogens with two attached hydrogens (primary N) is 1. The Bertz CT molecular complexity index is 469. The summed E-state index contributed by atoms with van der Waals surface area (Å²) in [4.78, 5) is 4.23. The van der Waals surface area contributed by atoms with Crippen LogP contribution in [0.25, 0.3) is 11.4 Å². The van der Waals surface area contributed by atoms with Crippen LogP contribution in [0.1, 0.15) is 13.3 Å². The van der Waals surface area contributed by atoms with Crippen LogP contribution in [-0.2, 0) is 0 Å². The summed E-state index contributed by atoms with van der Waals surface area (Å²) in [6, 6.07) is 9.83. The highest BCUT2D eigenvalue weighted by Crippen LogP contribution is 2.14. The lowest BCUT2D eigenvalue weighted by Crippen LogP contribution is -2.20. The van der Waals surface area contributed by atoms with Crippen molar-refractivity contribution in [1.82, 2.24) is 15.2 Å². The molecule has 0 aliphatic carbocycles. The van der Waals surface area contributed by atoms with Crippen LogP contribution >= 0.6 is 0 Å². The smallest absolute Gasteiger partial charge is 0.148 e. The van der Waals surface area contributed by atoms with Gasteiger partial charge in [0.05, 0.1) is 5.69 Å². The van der Waals surface area contributed by atoms with Crippen molar-refractivity contribution in [2.75, 3.05) is 11.9 Å². The van der Waals surface area contributed by atoms with Crippen LogP contribution in [0, 0.1) is 0 Å². The lowest BCUT2D eigenvalue weighted by molar-refractivity contribution is 0.711. The van der Waals surface area contributed by atoms with Gasteiger partial charge in [-0.2, -0.15) is 0 Å². The molecule has 0 fully saturated rings. The molecule has 0 aromatic carbocycles. The molecule has 0 amide bonds. The first kappa shape index (κ1) is 12.4. The molecule has 2 aromatic heterocycles. The van der Waals surface area contributed by atoms with Crippen LogP contribution < -0.4 is 11.1 Å². The minimum Gasteiger partial charge on any atom is -0.366 e. The second-order valence-electron chi connectivity index (χ2n) is 4.14. The largest absolute Gasteiger partial charge is 0.366 e. The van der Waals surface area contributed by atoms with Gasteiger partial charge in [-0.25, -0.2) is 0 Å². The van der Waals surface area contributed by atoms with Gasteiger partial charge in [-0.05, 0) is 44.2 Å². The zero-order valence-corrected chi connectivity index (χ0v) is 10.4. The quantitative estimate of drug-likeness (QED) is 0.835. The van der Waals surface area contributed by atoms with E-state index in [9.17, 15) is 0 Å². The minimum absolute atomic E-state index is 0.296. The molecule has 94 valence electrons. The highest BCUT2D eigenvalue weighted by Gasteiger charge is 2.04. The first-order valence-corrected chi connectivity index (χ1v) is 6.01. The number of nitrogens with zero attached hydrogens (tertiary/aromatic N) is 3. The SMILES string of the molecule is CC(CCN)Nc1ccc(-c2ccccn2)nn1. The molecule has 5 heteroatoms. The monoisotopic (exact) mass is 243 g/mol. The maximum atomic E-state index is 5.50. The molecule has 2 heterocycles. The van der Waals surface area contributed by atoms with Gasteiger partial charge in [-0.15, -0.1) is 10.2 Å². The molecule has 0 spiro atoms. The molecule has 1 unspecified atom stereocenters. The summed E-state index contributed by atoms with van der Waals surface area (Å²) in [5.74, 6) is 0.760. The third-order valence-electron chi connectivity index (χ3n) is 2.59. The zero-order chi connectivity index (χ0) is 12.8. The van der Waals surface area contributed by atoms with Crippen LogP contribution in [0.5, 0.6) is 0 Å². The average Bonchev–Trinajstić information content (AvgIpc) is 2.41. The van der Waals surface area contributed by atoms with Gasteiger partial charge in [-0.3, -0.25) is 4.98 Å². The molecule has 0 radical (unpaired) electrons. The lowest BCUT2D eigenvalue weighted by atomic mass is 10.2. The van der Waals surface area contributed by atoms with Crippen LogP contribution in [0.2, 0.25) is 0 Å². The molecule has 18 heavy (non-hydrogen) atoms. The minimum atomic E-state index is 0.296. The Kier molecular flexibility index (Phi) is 4.20. The number of hydrogen-bond donors (Lipinski definition) is 2. The summed E-state index contributed by atoms with van der Waals surface area (Å²) in [6.07, 6.45) is 2.65. The van der Waals surface area contributed by atoms with E-state index in [0.717, 1.165) is 23.6 Å². The fourth-order valence-electron chi connectivity index (χ4n) is 1.63. The second kappa shape index (κ2) is 6.07. The number of aromatic nitrogens is 3. The van der Waals surface area contributed by atoms with Crippen molar-refractivity contribution in [2.45, 2.75) is 19.4 Å². The standard InChI is InChI=1S/C13H17N5/c1-10(7-8-14)16-13-6-5-12(17-18-13)11-4-2-3-9-15-11/h2-6,9-10H,7-8,14H2,1H3,(H,16,18). The van der Waals surface area contributed by atoms with Gasteiger partial charge in [0.1, 0.15) is 11.5 Å². The summed E-state index contributed by atoms with van der Waals surface area (Å²) in [5.41, 5.74) is 7.10. The van der Waals surface area contributed by atoms with E-state index in [1.165, 1.54) is 0 Å². The number of hydrogen-bond acceptors (Lipinski definition) is 5. The zero-order valence-electron chi connectivity index (χ0n) is 10.4. The van der Waals surface area contributed by atoms with Crippen molar-refractivity contribution in [3.63, 3.8) is 0 Å². The van der Waals surface area contributed by atoms with Crippen molar-refractivity contribution in [2.24, 2.45) is 5.73 Å². The van der Waals surface area contributed by atoms with E-state index in [4.69, 9.17) is 5.73 Å². The normalized spacial score (nSPS) is 12.1. The molecular formula is C13H17N5. The van der Waals surface area contributed by atoms with Gasteiger partial charge in [0, 0.05) is 12.2 Å².